The standard InChI is InChI=1S/C17H25NO2/c19-14(11-13-5-1-2-6-13)12-18-10-9-17(20)15-7-3-4-8-16(15)18/h3-4,7-8,13-14,17,19-20H,1-2,5-6,9-12H2. The fourth-order valence-electron chi connectivity index (χ4n) is 3.76. The first kappa shape index (κ1) is 13.9. The minimum atomic E-state index is -0.352. The fourth-order valence-corrected chi connectivity index (χ4v) is 3.76. The van der Waals surface area contributed by atoms with Crippen molar-refractivity contribution >= 4 is 5.69 Å². The molecule has 1 aliphatic heterocycles. The Bertz CT molecular complexity index is 442. The maximum Gasteiger partial charge on any atom is 0.0826 e. The molecule has 20 heavy (non-hydrogen) atoms. The van der Waals surface area contributed by atoms with Crippen molar-refractivity contribution in [1.29, 1.82) is 0 Å². The molecular formula is C17H25NO2. The van der Waals surface area contributed by atoms with E-state index in [2.05, 4.69) is 11.0 Å². The van der Waals surface area contributed by atoms with Gasteiger partial charge in [-0.3, -0.25) is 0 Å². The number of benzene rings is 1. The summed E-state index contributed by atoms with van der Waals surface area (Å²) >= 11 is 0. The predicted octanol–water partition coefficient (Wildman–Crippen LogP) is 2.87. The number of aliphatic hydroxyl groups is 2. The minimum Gasteiger partial charge on any atom is -0.391 e. The molecular weight excluding hydrogens is 250 g/mol. The molecule has 0 bridgehead atoms. The van der Waals surface area contributed by atoms with E-state index in [4.69, 9.17) is 0 Å². The van der Waals surface area contributed by atoms with E-state index in [9.17, 15) is 10.2 Å². The Hall–Kier alpha value is -1.06. The molecule has 1 saturated carbocycles. The monoisotopic (exact) mass is 275 g/mol. The zero-order valence-electron chi connectivity index (χ0n) is 12.0. The van der Waals surface area contributed by atoms with E-state index in [-0.39, 0.29) is 12.2 Å². The summed E-state index contributed by atoms with van der Waals surface area (Å²) in [5.74, 6) is 0.718. The number of anilines is 1. The normalized spacial score (nSPS) is 24.7. The lowest BCUT2D eigenvalue weighted by Crippen LogP contribution is -2.37. The van der Waals surface area contributed by atoms with Crippen molar-refractivity contribution in [1.82, 2.24) is 0 Å². The van der Waals surface area contributed by atoms with Crippen molar-refractivity contribution in [2.75, 3.05) is 18.0 Å². The van der Waals surface area contributed by atoms with Crippen LogP contribution < -0.4 is 4.90 Å². The van der Waals surface area contributed by atoms with Crippen LogP contribution in [0.3, 0.4) is 0 Å². The smallest absolute Gasteiger partial charge is 0.0826 e. The van der Waals surface area contributed by atoms with Crippen molar-refractivity contribution in [2.45, 2.75) is 50.7 Å². The molecule has 0 aromatic heterocycles. The zero-order valence-corrected chi connectivity index (χ0v) is 12.0. The van der Waals surface area contributed by atoms with Crippen LogP contribution in [-0.2, 0) is 0 Å². The molecule has 3 nitrogen and oxygen atoms in total. The average molecular weight is 275 g/mol. The lowest BCUT2D eigenvalue weighted by molar-refractivity contribution is 0.138. The van der Waals surface area contributed by atoms with Crippen LogP contribution in [0.4, 0.5) is 5.69 Å². The van der Waals surface area contributed by atoms with Gasteiger partial charge in [0.05, 0.1) is 12.2 Å². The molecule has 2 aliphatic rings. The Labute approximate surface area is 121 Å². The van der Waals surface area contributed by atoms with Gasteiger partial charge in [0.1, 0.15) is 0 Å². The molecule has 1 aromatic carbocycles. The highest BCUT2D eigenvalue weighted by atomic mass is 16.3. The lowest BCUT2D eigenvalue weighted by atomic mass is 9.96. The van der Waals surface area contributed by atoms with Gasteiger partial charge in [0.25, 0.3) is 0 Å². The lowest BCUT2D eigenvalue weighted by Gasteiger charge is -2.35. The Morgan fingerprint density at radius 2 is 1.90 bits per heavy atom. The van der Waals surface area contributed by atoms with Crippen molar-refractivity contribution < 1.29 is 10.2 Å². The number of aliphatic hydroxyl groups excluding tert-OH is 2. The van der Waals surface area contributed by atoms with Crippen LogP contribution in [0.25, 0.3) is 0 Å². The first-order valence-electron chi connectivity index (χ1n) is 7.94. The van der Waals surface area contributed by atoms with Crippen LogP contribution >= 0.6 is 0 Å². The first-order valence-corrected chi connectivity index (χ1v) is 7.94. The van der Waals surface area contributed by atoms with E-state index >= 15 is 0 Å². The molecule has 0 radical (unpaired) electrons. The van der Waals surface area contributed by atoms with Crippen molar-refractivity contribution in [3.63, 3.8) is 0 Å². The number of nitrogens with zero attached hydrogens (tertiary/aromatic N) is 1. The van der Waals surface area contributed by atoms with Gasteiger partial charge in [0, 0.05) is 24.3 Å². The predicted molar refractivity (Wildman–Crippen MR) is 80.8 cm³/mol. The number of β-amino-alcohol motifs (C(OH)–C–C–N with tert-alkyl or cyclic N) is 1. The third-order valence-corrected chi connectivity index (χ3v) is 4.82. The summed E-state index contributed by atoms with van der Waals surface area (Å²) < 4.78 is 0. The van der Waals surface area contributed by atoms with Crippen molar-refractivity contribution in [2.24, 2.45) is 5.92 Å². The van der Waals surface area contributed by atoms with Gasteiger partial charge in [-0.1, -0.05) is 43.9 Å². The van der Waals surface area contributed by atoms with E-state index in [1.807, 2.05) is 18.2 Å². The van der Waals surface area contributed by atoms with Gasteiger partial charge >= 0.3 is 0 Å². The first-order chi connectivity index (χ1) is 9.74. The van der Waals surface area contributed by atoms with Gasteiger partial charge in [-0.25, -0.2) is 0 Å². The number of hydrogen-bond acceptors (Lipinski definition) is 3. The summed E-state index contributed by atoms with van der Waals surface area (Å²) in [6.07, 6.45) is 6.31. The summed E-state index contributed by atoms with van der Waals surface area (Å²) in [6.45, 7) is 1.53. The minimum absolute atomic E-state index is 0.249. The Kier molecular flexibility index (Phi) is 4.27. The maximum absolute atomic E-state index is 10.3. The molecule has 3 rings (SSSR count). The van der Waals surface area contributed by atoms with Gasteiger partial charge in [-0.15, -0.1) is 0 Å². The molecule has 2 N–H and O–H groups in total. The molecule has 3 heteroatoms. The fraction of sp³-hybridized carbons (Fsp3) is 0.647. The van der Waals surface area contributed by atoms with Crippen LogP contribution in [-0.4, -0.2) is 29.4 Å². The summed E-state index contributed by atoms with van der Waals surface area (Å²) in [4.78, 5) is 2.24. The Morgan fingerprint density at radius 3 is 2.70 bits per heavy atom. The average Bonchev–Trinajstić information content (AvgIpc) is 2.95. The van der Waals surface area contributed by atoms with Gasteiger partial charge in [-0.2, -0.15) is 0 Å². The number of para-hydroxylation sites is 1. The molecule has 0 saturated heterocycles. The maximum atomic E-state index is 10.3. The van der Waals surface area contributed by atoms with Crippen LogP contribution in [0, 0.1) is 5.92 Å². The van der Waals surface area contributed by atoms with E-state index < -0.39 is 0 Å². The molecule has 1 aliphatic carbocycles. The highest BCUT2D eigenvalue weighted by Crippen LogP contribution is 2.34. The highest BCUT2D eigenvalue weighted by Gasteiger charge is 2.26. The number of fused-ring (bicyclic) bond motifs is 1. The molecule has 0 amide bonds. The van der Waals surface area contributed by atoms with Crippen molar-refractivity contribution in [3.05, 3.63) is 29.8 Å². The summed E-state index contributed by atoms with van der Waals surface area (Å²) in [5.41, 5.74) is 2.10. The van der Waals surface area contributed by atoms with Crippen LogP contribution in [0.5, 0.6) is 0 Å². The SMILES string of the molecule is OC(CC1CCCC1)CN1CCC(O)c2ccccc21. The van der Waals surface area contributed by atoms with Gasteiger partial charge in [-0.05, 0) is 24.8 Å². The Balaban J connectivity index is 1.64. The third kappa shape index (κ3) is 2.99. The second-order valence-electron chi connectivity index (χ2n) is 6.35. The van der Waals surface area contributed by atoms with Crippen LogP contribution in [0.1, 0.15) is 50.2 Å². The quantitative estimate of drug-likeness (QED) is 0.888. The van der Waals surface area contributed by atoms with Crippen molar-refractivity contribution in [3.8, 4) is 0 Å². The van der Waals surface area contributed by atoms with Gasteiger partial charge in [0.15, 0.2) is 0 Å². The van der Waals surface area contributed by atoms with Gasteiger partial charge < -0.3 is 15.1 Å². The second kappa shape index (κ2) is 6.15. The number of hydrogen-bond donors (Lipinski definition) is 2. The van der Waals surface area contributed by atoms with E-state index in [0.29, 0.717) is 6.54 Å². The van der Waals surface area contributed by atoms with E-state index in [1.54, 1.807) is 0 Å². The molecule has 2 atom stereocenters. The largest absolute Gasteiger partial charge is 0.391 e. The van der Waals surface area contributed by atoms with E-state index in [1.165, 1.54) is 25.7 Å². The third-order valence-electron chi connectivity index (χ3n) is 4.82. The molecule has 0 spiro atoms. The highest BCUT2D eigenvalue weighted by molar-refractivity contribution is 5.56. The molecule has 1 heterocycles. The topological polar surface area (TPSA) is 43.7 Å². The Morgan fingerprint density at radius 1 is 1.15 bits per heavy atom. The summed E-state index contributed by atoms with van der Waals surface area (Å²) in [7, 11) is 0. The summed E-state index contributed by atoms with van der Waals surface area (Å²) in [5, 5.41) is 20.4. The second-order valence-corrected chi connectivity index (χ2v) is 6.35. The van der Waals surface area contributed by atoms with Crippen LogP contribution in [0.2, 0.25) is 0 Å². The van der Waals surface area contributed by atoms with Crippen LogP contribution in [0.15, 0.2) is 24.3 Å². The molecule has 1 aromatic rings. The summed E-state index contributed by atoms with van der Waals surface area (Å²) in [6, 6.07) is 8.03. The molecule has 2 unspecified atom stereocenters. The van der Waals surface area contributed by atoms with E-state index in [0.717, 1.165) is 36.6 Å². The molecule has 110 valence electrons. The zero-order chi connectivity index (χ0) is 13.9. The molecule has 1 fully saturated rings. The number of rotatable bonds is 4. The van der Waals surface area contributed by atoms with Gasteiger partial charge in [0.2, 0.25) is 0 Å².